The van der Waals surface area contributed by atoms with Gasteiger partial charge in [0.15, 0.2) is 6.20 Å². The Bertz CT molecular complexity index is 261. The van der Waals surface area contributed by atoms with Crippen molar-refractivity contribution in [3.63, 3.8) is 0 Å². The zero-order valence-electron chi connectivity index (χ0n) is 6.91. The van der Waals surface area contributed by atoms with Crippen LogP contribution < -0.4 is 10.7 Å². The molecule has 64 valence electrons. The van der Waals surface area contributed by atoms with Crippen molar-refractivity contribution in [3.8, 4) is 0 Å². The van der Waals surface area contributed by atoms with E-state index in [4.69, 9.17) is 0 Å². The first-order valence-corrected chi connectivity index (χ1v) is 3.63. The van der Waals surface area contributed by atoms with Gasteiger partial charge in [-0.2, -0.15) is 0 Å². The highest BCUT2D eigenvalue weighted by molar-refractivity contribution is 5.74. The van der Waals surface area contributed by atoms with Crippen LogP contribution in [0.5, 0.6) is 0 Å². The summed E-state index contributed by atoms with van der Waals surface area (Å²) < 4.78 is 4.54. The zero-order chi connectivity index (χ0) is 8.97. The number of pyridine rings is 1. The molecule has 12 heavy (non-hydrogen) atoms. The minimum atomic E-state index is -0.476. The second kappa shape index (κ2) is 3.82. The number of carbonyl (C=O) groups excluding carboxylic acids is 1. The summed E-state index contributed by atoms with van der Waals surface area (Å²) in [6.07, 6.45) is 1.75. The van der Waals surface area contributed by atoms with Crippen LogP contribution >= 0.6 is 0 Å². The van der Waals surface area contributed by atoms with Crippen molar-refractivity contribution in [3.05, 3.63) is 30.1 Å². The number of rotatable bonds is 2. The van der Waals surface area contributed by atoms with Crippen LogP contribution in [0.2, 0.25) is 0 Å². The fraction of sp³-hybridized carbons (Fsp3) is 0.250. The number of hydrogen-bond donors (Lipinski definition) is 1. The van der Waals surface area contributed by atoms with Gasteiger partial charge in [0, 0.05) is 12.1 Å². The molecule has 1 unspecified atom stereocenters. The number of aromatic nitrogens is 1. The number of ether oxygens (including phenoxy) is 1. The Balaban J connectivity index is 2.78. The molecule has 0 bridgehead atoms. The first-order chi connectivity index (χ1) is 5.75. The standard InChI is InChI=1S/C8H10N2O2/c1-12-8(11)7(9)6-4-2-3-5-10-6/h2-5,7H,9H2,1H3/p+2. The van der Waals surface area contributed by atoms with Crippen molar-refractivity contribution in [1.29, 1.82) is 0 Å². The fourth-order valence-corrected chi connectivity index (χ4v) is 0.893. The molecule has 0 saturated carbocycles. The van der Waals surface area contributed by atoms with Crippen LogP contribution in [0.4, 0.5) is 0 Å². The molecule has 4 N–H and O–H groups in total. The molecule has 0 aliphatic heterocycles. The van der Waals surface area contributed by atoms with Gasteiger partial charge < -0.3 is 10.5 Å². The van der Waals surface area contributed by atoms with Crippen molar-refractivity contribution in [2.24, 2.45) is 0 Å². The van der Waals surface area contributed by atoms with Crippen molar-refractivity contribution in [2.45, 2.75) is 6.04 Å². The smallest absolute Gasteiger partial charge is 0.375 e. The Morgan fingerprint density at radius 1 is 1.67 bits per heavy atom. The first-order valence-electron chi connectivity index (χ1n) is 3.63. The van der Waals surface area contributed by atoms with Crippen molar-refractivity contribution in [2.75, 3.05) is 7.11 Å². The monoisotopic (exact) mass is 168 g/mol. The van der Waals surface area contributed by atoms with E-state index in [-0.39, 0.29) is 5.97 Å². The Labute approximate surface area is 70.4 Å². The molecule has 0 radical (unpaired) electrons. The summed E-state index contributed by atoms with van der Waals surface area (Å²) in [7, 11) is 1.35. The molecule has 4 nitrogen and oxygen atoms in total. The Kier molecular flexibility index (Phi) is 2.76. The van der Waals surface area contributed by atoms with E-state index >= 15 is 0 Å². The van der Waals surface area contributed by atoms with Crippen molar-refractivity contribution < 1.29 is 20.2 Å². The van der Waals surface area contributed by atoms with Gasteiger partial charge in [0.05, 0.1) is 7.11 Å². The SMILES string of the molecule is COC(=O)C([NH3+])c1cccc[nH+]1. The molecule has 1 rings (SSSR count). The number of aromatic amines is 1. The average molecular weight is 168 g/mol. The third-order valence-electron chi connectivity index (χ3n) is 1.59. The molecule has 1 atom stereocenters. The molecular formula is C8H12N2O2+2. The van der Waals surface area contributed by atoms with Gasteiger partial charge in [-0.15, -0.1) is 0 Å². The van der Waals surface area contributed by atoms with Crippen LogP contribution in [0, 0.1) is 0 Å². The van der Waals surface area contributed by atoms with E-state index in [1.807, 2.05) is 12.1 Å². The number of carbonyl (C=O) groups is 1. The largest absolute Gasteiger partial charge is 0.464 e. The highest BCUT2D eigenvalue weighted by Crippen LogP contribution is 2.01. The Hall–Kier alpha value is -1.42. The normalized spacial score (nSPS) is 12.2. The maximum atomic E-state index is 11.0. The summed E-state index contributed by atoms with van der Waals surface area (Å²) in [6, 6.07) is 5.01. The third kappa shape index (κ3) is 1.79. The number of methoxy groups -OCH3 is 1. The molecule has 0 aliphatic rings. The summed E-state index contributed by atoms with van der Waals surface area (Å²) in [5.41, 5.74) is 4.43. The van der Waals surface area contributed by atoms with E-state index in [9.17, 15) is 4.79 Å². The molecule has 1 aromatic heterocycles. The number of hydrogen-bond acceptors (Lipinski definition) is 2. The molecule has 1 aromatic rings. The molecule has 0 amide bonds. The van der Waals surface area contributed by atoms with Crippen LogP contribution in [-0.4, -0.2) is 13.1 Å². The van der Waals surface area contributed by atoms with Gasteiger partial charge in [0.1, 0.15) is 0 Å². The quantitative estimate of drug-likeness (QED) is 0.573. The zero-order valence-corrected chi connectivity index (χ0v) is 6.91. The number of nitrogens with one attached hydrogen (secondary N) is 1. The lowest BCUT2D eigenvalue weighted by Crippen LogP contribution is -2.59. The topological polar surface area (TPSA) is 68.1 Å². The molecule has 1 heterocycles. The van der Waals surface area contributed by atoms with E-state index in [1.54, 1.807) is 12.3 Å². The molecule has 0 saturated heterocycles. The highest BCUT2D eigenvalue weighted by Gasteiger charge is 2.25. The lowest BCUT2D eigenvalue weighted by Gasteiger charge is -1.99. The van der Waals surface area contributed by atoms with Crippen LogP contribution in [0.3, 0.4) is 0 Å². The summed E-state index contributed by atoms with van der Waals surface area (Å²) in [5, 5.41) is 0. The van der Waals surface area contributed by atoms with Gasteiger partial charge >= 0.3 is 5.97 Å². The third-order valence-corrected chi connectivity index (χ3v) is 1.59. The van der Waals surface area contributed by atoms with E-state index in [0.717, 1.165) is 5.69 Å². The number of esters is 1. The molecule has 0 aliphatic carbocycles. The van der Waals surface area contributed by atoms with Crippen molar-refractivity contribution >= 4 is 5.97 Å². The number of quaternary nitrogens is 1. The molecule has 4 heteroatoms. The van der Waals surface area contributed by atoms with Crippen LogP contribution in [0.25, 0.3) is 0 Å². The lowest BCUT2D eigenvalue weighted by molar-refractivity contribution is -0.474. The molecular weight excluding hydrogens is 156 g/mol. The molecule has 0 spiro atoms. The highest BCUT2D eigenvalue weighted by atomic mass is 16.5. The van der Waals surface area contributed by atoms with E-state index in [1.165, 1.54) is 7.11 Å². The lowest BCUT2D eigenvalue weighted by atomic mass is 10.2. The molecule has 0 fully saturated rings. The van der Waals surface area contributed by atoms with Gasteiger partial charge in [-0.25, -0.2) is 9.78 Å². The Morgan fingerprint density at radius 3 is 2.92 bits per heavy atom. The summed E-state index contributed by atoms with van der Waals surface area (Å²) in [4.78, 5) is 13.9. The van der Waals surface area contributed by atoms with Gasteiger partial charge in [0.25, 0.3) is 6.04 Å². The van der Waals surface area contributed by atoms with E-state index < -0.39 is 6.04 Å². The average Bonchev–Trinajstić information content (AvgIpc) is 2.17. The van der Waals surface area contributed by atoms with Crippen LogP contribution in [-0.2, 0) is 9.53 Å². The predicted molar refractivity (Wildman–Crippen MR) is 40.6 cm³/mol. The minimum Gasteiger partial charge on any atom is -0.464 e. The maximum Gasteiger partial charge on any atom is 0.375 e. The fourth-order valence-electron chi connectivity index (χ4n) is 0.893. The van der Waals surface area contributed by atoms with Gasteiger partial charge in [-0.3, -0.25) is 0 Å². The van der Waals surface area contributed by atoms with Gasteiger partial charge in [-0.1, -0.05) is 0 Å². The second-order valence-electron chi connectivity index (χ2n) is 2.39. The van der Waals surface area contributed by atoms with Crippen LogP contribution in [0.15, 0.2) is 24.4 Å². The summed E-state index contributed by atoms with van der Waals surface area (Å²) >= 11 is 0. The van der Waals surface area contributed by atoms with Crippen molar-refractivity contribution in [1.82, 2.24) is 0 Å². The second-order valence-corrected chi connectivity index (χ2v) is 2.39. The van der Waals surface area contributed by atoms with Gasteiger partial charge in [-0.05, 0) is 6.07 Å². The maximum absolute atomic E-state index is 11.0. The Morgan fingerprint density at radius 2 is 2.42 bits per heavy atom. The van der Waals surface area contributed by atoms with Gasteiger partial charge in [0.2, 0.25) is 5.69 Å². The summed E-state index contributed by atoms with van der Waals surface area (Å²) in [6.45, 7) is 0. The minimum absolute atomic E-state index is 0.336. The summed E-state index contributed by atoms with van der Waals surface area (Å²) in [5.74, 6) is -0.336. The predicted octanol–water partition coefficient (Wildman–Crippen LogP) is -1.04. The number of H-pyrrole nitrogens is 1. The van der Waals surface area contributed by atoms with E-state index in [2.05, 4.69) is 15.5 Å². The van der Waals surface area contributed by atoms with E-state index in [0.29, 0.717) is 0 Å². The van der Waals surface area contributed by atoms with Crippen LogP contribution in [0.1, 0.15) is 11.7 Å². The first kappa shape index (κ1) is 8.67. The molecule has 0 aromatic carbocycles.